The molecule has 4 nitrogen and oxygen atoms in total. The van der Waals surface area contributed by atoms with Crippen molar-refractivity contribution in [2.45, 2.75) is 64.0 Å². The first-order valence-corrected chi connectivity index (χ1v) is 7.07. The Morgan fingerprint density at radius 2 is 2.11 bits per heavy atom. The summed E-state index contributed by atoms with van der Waals surface area (Å²) in [7, 11) is 1.44. The Kier molecular flexibility index (Phi) is 6.65. The van der Waals surface area contributed by atoms with Gasteiger partial charge in [0.25, 0.3) is 0 Å². The SMILES string of the molecule is CCNC(C)(CCCCOC1CCC1)C(=O)OC. The molecule has 1 fully saturated rings. The number of hydrogen-bond donors (Lipinski definition) is 1. The molecule has 1 saturated carbocycles. The summed E-state index contributed by atoms with van der Waals surface area (Å²) in [6.45, 7) is 5.49. The van der Waals surface area contributed by atoms with Crippen LogP contribution in [0.15, 0.2) is 0 Å². The summed E-state index contributed by atoms with van der Waals surface area (Å²) in [5, 5.41) is 3.22. The summed E-state index contributed by atoms with van der Waals surface area (Å²) in [6, 6.07) is 0. The van der Waals surface area contributed by atoms with Gasteiger partial charge in [-0.05, 0) is 52.0 Å². The summed E-state index contributed by atoms with van der Waals surface area (Å²) < 4.78 is 10.6. The molecule has 0 saturated heterocycles. The summed E-state index contributed by atoms with van der Waals surface area (Å²) >= 11 is 0. The van der Waals surface area contributed by atoms with E-state index >= 15 is 0 Å². The van der Waals surface area contributed by atoms with Gasteiger partial charge in [-0.2, -0.15) is 0 Å². The molecule has 0 aromatic heterocycles. The monoisotopic (exact) mass is 257 g/mol. The number of rotatable bonds is 9. The molecule has 1 aliphatic carbocycles. The Bertz CT molecular complexity index is 253. The van der Waals surface area contributed by atoms with Crippen LogP contribution in [0.4, 0.5) is 0 Å². The first-order chi connectivity index (χ1) is 8.62. The van der Waals surface area contributed by atoms with Crippen LogP contribution in [-0.4, -0.2) is 37.9 Å². The first-order valence-electron chi connectivity index (χ1n) is 7.07. The molecular formula is C14H27NO3. The van der Waals surface area contributed by atoms with Crippen molar-refractivity contribution in [2.75, 3.05) is 20.3 Å². The predicted octanol–water partition coefficient (Wildman–Crippen LogP) is 2.27. The van der Waals surface area contributed by atoms with Crippen LogP contribution >= 0.6 is 0 Å². The topological polar surface area (TPSA) is 47.6 Å². The first kappa shape index (κ1) is 15.4. The fourth-order valence-electron chi connectivity index (χ4n) is 2.25. The van der Waals surface area contributed by atoms with E-state index in [0.717, 1.165) is 32.4 Å². The van der Waals surface area contributed by atoms with Gasteiger partial charge in [0.1, 0.15) is 5.54 Å². The number of likely N-dealkylation sites (N-methyl/N-ethyl adjacent to an activating group) is 1. The van der Waals surface area contributed by atoms with Gasteiger partial charge in [-0.15, -0.1) is 0 Å². The van der Waals surface area contributed by atoms with Gasteiger partial charge in [0, 0.05) is 6.61 Å². The minimum atomic E-state index is -0.556. The largest absolute Gasteiger partial charge is 0.468 e. The number of unbranched alkanes of at least 4 members (excludes halogenated alkanes) is 1. The van der Waals surface area contributed by atoms with Crippen LogP contribution in [0, 0.1) is 0 Å². The van der Waals surface area contributed by atoms with Crippen molar-refractivity contribution >= 4 is 5.97 Å². The molecule has 18 heavy (non-hydrogen) atoms. The number of esters is 1. The van der Waals surface area contributed by atoms with E-state index in [4.69, 9.17) is 9.47 Å². The maximum absolute atomic E-state index is 11.7. The molecule has 0 amide bonds. The minimum absolute atomic E-state index is 0.177. The highest BCUT2D eigenvalue weighted by Crippen LogP contribution is 2.22. The van der Waals surface area contributed by atoms with Gasteiger partial charge in [0.05, 0.1) is 13.2 Å². The molecule has 1 unspecified atom stereocenters. The van der Waals surface area contributed by atoms with Crippen LogP contribution in [0.5, 0.6) is 0 Å². The van der Waals surface area contributed by atoms with E-state index < -0.39 is 5.54 Å². The quantitative estimate of drug-likeness (QED) is 0.508. The Hall–Kier alpha value is -0.610. The van der Waals surface area contributed by atoms with Crippen molar-refractivity contribution in [3.05, 3.63) is 0 Å². The zero-order valence-electron chi connectivity index (χ0n) is 12.0. The maximum atomic E-state index is 11.7. The molecule has 0 spiro atoms. The Balaban J connectivity index is 2.17. The molecule has 106 valence electrons. The standard InChI is InChI=1S/C14H27NO3/c1-4-15-14(2,13(16)17-3)10-5-6-11-18-12-8-7-9-12/h12,15H,4-11H2,1-3H3. The van der Waals surface area contributed by atoms with Crippen LogP contribution in [0.3, 0.4) is 0 Å². The van der Waals surface area contributed by atoms with Crippen molar-refractivity contribution in [2.24, 2.45) is 0 Å². The molecular weight excluding hydrogens is 230 g/mol. The number of hydrogen-bond acceptors (Lipinski definition) is 4. The third kappa shape index (κ3) is 4.58. The number of carbonyl (C=O) groups is 1. The molecule has 1 N–H and O–H groups in total. The lowest BCUT2D eigenvalue weighted by Crippen LogP contribution is -2.50. The van der Waals surface area contributed by atoms with Gasteiger partial charge in [-0.25, -0.2) is 0 Å². The molecule has 1 rings (SSSR count). The third-order valence-electron chi connectivity index (χ3n) is 3.68. The molecule has 1 atom stereocenters. The summed E-state index contributed by atoms with van der Waals surface area (Å²) in [5.74, 6) is -0.177. The Morgan fingerprint density at radius 1 is 1.39 bits per heavy atom. The van der Waals surface area contributed by atoms with Crippen molar-refractivity contribution in [1.82, 2.24) is 5.32 Å². The number of methoxy groups -OCH3 is 1. The van der Waals surface area contributed by atoms with E-state index in [9.17, 15) is 4.79 Å². The fourth-order valence-corrected chi connectivity index (χ4v) is 2.25. The highest BCUT2D eigenvalue weighted by atomic mass is 16.5. The van der Waals surface area contributed by atoms with Crippen molar-refractivity contribution < 1.29 is 14.3 Å². The Morgan fingerprint density at radius 3 is 2.61 bits per heavy atom. The molecule has 0 aliphatic heterocycles. The average Bonchev–Trinajstić information content (AvgIpc) is 2.30. The molecule has 0 bridgehead atoms. The van der Waals surface area contributed by atoms with Gasteiger partial charge in [-0.3, -0.25) is 4.79 Å². The zero-order chi connectivity index (χ0) is 13.4. The Labute approximate surface area is 110 Å². The molecule has 0 aromatic rings. The second kappa shape index (κ2) is 7.74. The molecule has 0 radical (unpaired) electrons. The molecule has 0 aromatic carbocycles. The number of nitrogens with one attached hydrogen (secondary N) is 1. The summed E-state index contributed by atoms with van der Waals surface area (Å²) in [4.78, 5) is 11.7. The zero-order valence-corrected chi connectivity index (χ0v) is 12.0. The summed E-state index contributed by atoms with van der Waals surface area (Å²) in [5.41, 5.74) is -0.556. The average molecular weight is 257 g/mol. The highest BCUT2D eigenvalue weighted by molar-refractivity contribution is 5.80. The fraction of sp³-hybridized carbons (Fsp3) is 0.929. The molecule has 0 heterocycles. The van der Waals surface area contributed by atoms with E-state index in [1.54, 1.807) is 0 Å². The van der Waals surface area contributed by atoms with Crippen LogP contribution in [0.1, 0.15) is 52.4 Å². The smallest absolute Gasteiger partial charge is 0.325 e. The van der Waals surface area contributed by atoms with Crippen LogP contribution < -0.4 is 5.32 Å². The van der Waals surface area contributed by atoms with Gasteiger partial charge in [-0.1, -0.05) is 6.92 Å². The van der Waals surface area contributed by atoms with Gasteiger partial charge >= 0.3 is 5.97 Å². The van der Waals surface area contributed by atoms with Gasteiger partial charge in [0.15, 0.2) is 0 Å². The summed E-state index contributed by atoms with van der Waals surface area (Å²) in [6.07, 6.45) is 7.03. The van der Waals surface area contributed by atoms with E-state index in [2.05, 4.69) is 5.32 Å². The predicted molar refractivity (Wildman–Crippen MR) is 71.5 cm³/mol. The van der Waals surface area contributed by atoms with E-state index in [1.165, 1.54) is 26.4 Å². The lowest BCUT2D eigenvalue weighted by molar-refractivity contribution is -0.148. The van der Waals surface area contributed by atoms with Gasteiger partial charge < -0.3 is 14.8 Å². The second-order valence-corrected chi connectivity index (χ2v) is 5.23. The van der Waals surface area contributed by atoms with Crippen LogP contribution in [-0.2, 0) is 14.3 Å². The van der Waals surface area contributed by atoms with Crippen molar-refractivity contribution in [3.63, 3.8) is 0 Å². The normalized spacial score (nSPS) is 19.1. The highest BCUT2D eigenvalue weighted by Gasteiger charge is 2.32. The second-order valence-electron chi connectivity index (χ2n) is 5.23. The maximum Gasteiger partial charge on any atom is 0.325 e. The third-order valence-corrected chi connectivity index (χ3v) is 3.68. The molecule has 1 aliphatic rings. The van der Waals surface area contributed by atoms with E-state index in [0.29, 0.717) is 6.10 Å². The van der Waals surface area contributed by atoms with Crippen LogP contribution in [0.25, 0.3) is 0 Å². The lowest BCUT2D eigenvalue weighted by Gasteiger charge is -2.28. The lowest BCUT2D eigenvalue weighted by atomic mass is 9.94. The number of carbonyl (C=O) groups excluding carboxylic acids is 1. The van der Waals surface area contributed by atoms with Gasteiger partial charge in [0.2, 0.25) is 0 Å². The number of ether oxygens (including phenoxy) is 2. The van der Waals surface area contributed by atoms with Crippen molar-refractivity contribution in [3.8, 4) is 0 Å². The van der Waals surface area contributed by atoms with E-state index in [1.807, 2.05) is 13.8 Å². The van der Waals surface area contributed by atoms with Crippen molar-refractivity contribution in [1.29, 1.82) is 0 Å². The minimum Gasteiger partial charge on any atom is -0.468 e. The van der Waals surface area contributed by atoms with Crippen LogP contribution in [0.2, 0.25) is 0 Å². The van der Waals surface area contributed by atoms with E-state index in [-0.39, 0.29) is 5.97 Å². The molecule has 4 heteroatoms.